The highest BCUT2D eigenvalue weighted by molar-refractivity contribution is 5.75. The molecule has 1 aliphatic carbocycles. The lowest BCUT2D eigenvalue weighted by molar-refractivity contribution is -0.165. The molecule has 3 heterocycles. The number of benzene rings is 1. The number of fused-ring (bicyclic) bond motifs is 3. The second kappa shape index (κ2) is 5.81. The first-order valence-electron chi connectivity index (χ1n) is 8.94. The lowest BCUT2D eigenvalue weighted by Gasteiger charge is -2.40. The second-order valence-corrected chi connectivity index (χ2v) is 7.17. The Labute approximate surface area is 140 Å². The third-order valence-corrected chi connectivity index (χ3v) is 5.72. The van der Waals surface area contributed by atoms with E-state index in [0.29, 0.717) is 12.6 Å². The van der Waals surface area contributed by atoms with Gasteiger partial charge in [-0.3, -0.25) is 0 Å². The van der Waals surface area contributed by atoms with Crippen molar-refractivity contribution in [3.8, 4) is 0 Å². The minimum Gasteiger partial charge on any atom is -0.389 e. The molecule has 128 valence electrons. The van der Waals surface area contributed by atoms with E-state index in [1.165, 1.54) is 25.7 Å². The van der Waals surface area contributed by atoms with Crippen molar-refractivity contribution in [2.45, 2.75) is 62.3 Å². The van der Waals surface area contributed by atoms with Gasteiger partial charge < -0.3 is 24.5 Å². The zero-order chi connectivity index (χ0) is 16.1. The van der Waals surface area contributed by atoms with Gasteiger partial charge in [-0.2, -0.15) is 0 Å². The van der Waals surface area contributed by atoms with Crippen LogP contribution in [0.3, 0.4) is 0 Å². The quantitative estimate of drug-likeness (QED) is 0.895. The third-order valence-electron chi connectivity index (χ3n) is 5.72. The molecule has 5 rings (SSSR count). The van der Waals surface area contributed by atoms with E-state index in [-0.39, 0.29) is 18.2 Å². The summed E-state index contributed by atoms with van der Waals surface area (Å²) >= 11 is 0. The summed E-state index contributed by atoms with van der Waals surface area (Å²) in [5, 5.41) is 14.8. The van der Waals surface area contributed by atoms with E-state index < -0.39 is 12.4 Å². The summed E-state index contributed by atoms with van der Waals surface area (Å²) < 4.78 is 13.9. The minimum absolute atomic E-state index is 0.0726. The van der Waals surface area contributed by atoms with Crippen LogP contribution < -0.4 is 5.32 Å². The van der Waals surface area contributed by atoms with Crippen molar-refractivity contribution in [3.63, 3.8) is 0 Å². The molecule has 2 aromatic rings. The first-order valence-corrected chi connectivity index (χ1v) is 8.94. The zero-order valence-corrected chi connectivity index (χ0v) is 13.5. The van der Waals surface area contributed by atoms with Crippen LogP contribution in [-0.2, 0) is 9.47 Å². The summed E-state index contributed by atoms with van der Waals surface area (Å²) in [5.41, 5.74) is 1.92. The Morgan fingerprint density at radius 2 is 2.04 bits per heavy atom. The van der Waals surface area contributed by atoms with Crippen LogP contribution in [-0.4, -0.2) is 51.8 Å². The largest absolute Gasteiger partial charge is 0.389 e. The molecule has 24 heavy (non-hydrogen) atoms. The van der Waals surface area contributed by atoms with Gasteiger partial charge in [-0.1, -0.05) is 25.0 Å². The van der Waals surface area contributed by atoms with Gasteiger partial charge >= 0.3 is 0 Å². The minimum atomic E-state index is -0.561. The summed E-state index contributed by atoms with van der Waals surface area (Å²) in [7, 11) is 0. The number of imidazole rings is 1. The topological polar surface area (TPSA) is 68.5 Å². The first-order chi connectivity index (χ1) is 11.8. The monoisotopic (exact) mass is 329 g/mol. The van der Waals surface area contributed by atoms with Gasteiger partial charge in [-0.25, -0.2) is 4.98 Å². The predicted octanol–water partition coefficient (Wildman–Crippen LogP) is 1.59. The molecule has 2 aliphatic heterocycles. The fourth-order valence-electron chi connectivity index (χ4n) is 4.48. The van der Waals surface area contributed by atoms with E-state index in [4.69, 9.17) is 9.47 Å². The van der Waals surface area contributed by atoms with Gasteiger partial charge in [0.15, 0.2) is 6.29 Å². The van der Waals surface area contributed by atoms with Gasteiger partial charge in [-0.05, 0) is 25.0 Å². The number of nitrogens with zero attached hydrogens (tertiary/aromatic N) is 2. The van der Waals surface area contributed by atoms with Gasteiger partial charge in [0.1, 0.15) is 12.1 Å². The summed E-state index contributed by atoms with van der Waals surface area (Å²) in [5.74, 6) is 0. The molecule has 6 nitrogen and oxygen atoms in total. The normalized spacial score (nSPS) is 36.6. The number of rotatable bonds is 3. The zero-order valence-electron chi connectivity index (χ0n) is 13.5. The second-order valence-electron chi connectivity index (χ2n) is 7.17. The molecule has 2 saturated heterocycles. The molecule has 2 N–H and O–H groups in total. The maximum atomic E-state index is 11.1. The Morgan fingerprint density at radius 1 is 1.21 bits per heavy atom. The van der Waals surface area contributed by atoms with Gasteiger partial charge in [0.2, 0.25) is 0 Å². The van der Waals surface area contributed by atoms with Crippen LogP contribution in [0.4, 0.5) is 0 Å². The molecule has 0 spiro atoms. The molecule has 1 saturated carbocycles. The number of para-hydroxylation sites is 2. The van der Waals surface area contributed by atoms with Crippen molar-refractivity contribution in [2.24, 2.45) is 0 Å². The average molecular weight is 329 g/mol. The van der Waals surface area contributed by atoms with Crippen molar-refractivity contribution >= 4 is 11.0 Å². The molecule has 3 fully saturated rings. The van der Waals surface area contributed by atoms with Crippen LogP contribution in [0, 0.1) is 0 Å². The smallest absolute Gasteiger partial charge is 0.181 e. The van der Waals surface area contributed by atoms with Crippen molar-refractivity contribution in [1.29, 1.82) is 0 Å². The van der Waals surface area contributed by atoms with E-state index in [9.17, 15) is 5.11 Å². The number of hydrogen-bond acceptors (Lipinski definition) is 5. The highest BCUT2D eigenvalue weighted by Gasteiger charge is 2.51. The van der Waals surface area contributed by atoms with Gasteiger partial charge in [-0.15, -0.1) is 0 Å². The summed E-state index contributed by atoms with van der Waals surface area (Å²) in [6.07, 6.45) is 5.63. The van der Waals surface area contributed by atoms with Crippen molar-refractivity contribution in [1.82, 2.24) is 14.9 Å². The Bertz CT molecular complexity index is 727. The molecule has 0 radical (unpaired) electrons. The lowest BCUT2D eigenvalue weighted by atomic mass is 9.94. The molecule has 0 unspecified atom stereocenters. The van der Waals surface area contributed by atoms with Crippen LogP contribution in [0.2, 0.25) is 0 Å². The van der Waals surface area contributed by atoms with Crippen LogP contribution in [0.15, 0.2) is 30.6 Å². The number of ether oxygens (including phenoxy) is 2. The summed E-state index contributed by atoms with van der Waals surface area (Å²) in [6, 6.07) is 8.06. The third kappa shape index (κ3) is 2.29. The van der Waals surface area contributed by atoms with Gasteiger partial charge in [0, 0.05) is 6.04 Å². The molecular weight excluding hydrogens is 306 g/mol. The standard InChI is InChI=1S/C18H23N3O3/c22-17-15(20-11-5-1-2-6-11)14-9-23-18(24-14)16(17)21-10-19-12-7-3-4-8-13(12)21/h3-4,7-8,10-11,14-18,20,22H,1-2,5-6,9H2/t14-,15-,16-,17+,18-/m1/s1. The Kier molecular flexibility index (Phi) is 3.59. The Balaban J connectivity index is 1.48. The van der Waals surface area contributed by atoms with Crippen LogP contribution in [0.25, 0.3) is 11.0 Å². The maximum absolute atomic E-state index is 11.1. The summed E-state index contributed by atoms with van der Waals surface area (Å²) in [6.45, 7) is 0.537. The van der Waals surface area contributed by atoms with Crippen molar-refractivity contribution < 1.29 is 14.6 Å². The molecule has 5 atom stereocenters. The van der Waals surface area contributed by atoms with E-state index in [0.717, 1.165) is 11.0 Å². The van der Waals surface area contributed by atoms with Crippen molar-refractivity contribution in [3.05, 3.63) is 30.6 Å². The number of aliphatic hydroxyl groups is 1. The fraction of sp³-hybridized carbons (Fsp3) is 0.611. The maximum Gasteiger partial charge on any atom is 0.181 e. The number of aliphatic hydroxyl groups excluding tert-OH is 1. The average Bonchev–Trinajstić information content (AvgIpc) is 3.33. The molecule has 6 heteroatoms. The number of hydrogen-bond donors (Lipinski definition) is 2. The predicted molar refractivity (Wildman–Crippen MR) is 88.6 cm³/mol. The molecule has 0 amide bonds. The highest BCUT2D eigenvalue weighted by atomic mass is 16.7. The first kappa shape index (κ1) is 14.8. The SMILES string of the molecule is O[C@H]1[C@H](NC2CCCC2)[C@H]2CO[C@H](O2)[C@@H]1n1cnc2ccccc21. The van der Waals surface area contributed by atoms with Crippen LogP contribution in [0.1, 0.15) is 31.7 Å². The highest BCUT2D eigenvalue weighted by Crippen LogP contribution is 2.38. The Morgan fingerprint density at radius 3 is 2.92 bits per heavy atom. The fourth-order valence-corrected chi connectivity index (χ4v) is 4.48. The lowest BCUT2D eigenvalue weighted by Crippen LogP contribution is -2.59. The molecular formula is C18H23N3O3. The van der Waals surface area contributed by atoms with Crippen molar-refractivity contribution in [2.75, 3.05) is 6.61 Å². The van der Waals surface area contributed by atoms with E-state index in [1.54, 1.807) is 6.33 Å². The van der Waals surface area contributed by atoms with E-state index >= 15 is 0 Å². The molecule has 1 aromatic carbocycles. The van der Waals surface area contributed by atoms with Crippen LogP contribution in [0.5, 0.6) is 0 Å². The summed E-state index contributed by atoms with van der Waals surface area (Å²) in [4.78, 5) is 4.46. The van der Waals surface area contributed by atoms with Crippen LogP contribution >= 0.6 is 0 Å². The molecule has 3 aliphatic rings. The molecule has 1 aromatic heterocycles. The van der Waals surface area contributed by atoms with E-state index in [1.807, 2.05) is 28.8 Å². The number of nitrogens with one attached hydrogen (secondary N) is 1. The van der Waals surface area contributed by atoms with Gasteiger partial charge in [0.05, 0.1) is 36.1 Å². The molecule has 2 bridgehead atoms. The van der Waals surface area contributed by atoms with Gasteiger partial charge in [0.25, 0.3) is 0 Å². The van der Waals surface area contributed by atoms with E-state index in [2.05, 4.69) is 10.3 Å². The number of aromatic nitrogens is 2. The Hall–Kier alpha value is -1.47.